The predicted molar refractivity (Wildman–Crippen MR) is 73.1 cm³/mol. The van der Waals surface area contributed by atoms with Crippen molar-refractivity contribution >= 4 is 22.0 Å². The molecule has 0 atom stereocenters. The first-order chi connectivity index (χ1) is 9.48. The number of hydrogen-bond acceptors (Lipinski definition) is 5. The minimum atomic E-state index is -4.11. The van der Waals surface area contributed by atoms with Gasteiger partial charge in [0, 0.05) is 5.56 Å². The van der Waals surface area contributed by atoms with Crippen LogP contribution in [0.2, 0.25) is 0 Å². The first-order valence-corrected chi connectivity index (χ1v) is 7.13. The van der Waals surface area contributed by atoms with Gasteiger partial charge >= 0.3 is 16.3 Å². The van der Waals surface area contributed by atoms with Gasteiger partial charge in [-0.15, -0.1) is 0 Å². The maximum Gasteiger partial charge on any atom is 0.422 e. The lowest BCUT2D eigenvalue weighted by Crippen LogP contribution is -2.35. The van der Waals surface area contributed by atoms with Crippen LogP contribution >= 0.6 is 0 Å². The van der Waals surface area contributed by atoms with E-state index in [1.54, 1.807) is 29.8 Å². The molecular weight excluding hydrogens is 284 g/mol. The topological polar surface area (TPSA) is 105 Å². The Labute approximate surface area is 117 Å². The highest BCUT2D eigenvalue weighted by Gasteiger charge is 2.16. The number of rotatable bonds is 4. The Morgan fingerprint density at radius 3 is 2.75 bits per heavy atom. The number of ether oxygens (including phenoxy) is 1. The molecule has 0 aromatic heterocycles. The maximum absolute atomic E-state index is 11.7. The second-order valence-electron chi connectivity index (χ2n) is 3.43. The van der Waals surface area contributed by atoms with E-state index in [0.717, 1.165) is 0 Å². The average Bonchev–Trinajstić information content (AvgIpc) is 2.36. The van der Waals surface area contributed by atoms with Gasteiger partial charge in [-0.2, -0.15) is 8.42 Å². The van der Waals surface area contributed by atoms with E-state index in [4.69, 9.17) is 5.11 Å². The minimum Gasteiger partial charge on any atom is -0.449 e. The van der Waals surface area contributed by atoms with Crippen molar-refractivity contribution in [1.82, 2.24) is 4.72 Å². The Balaban J connectivity index is 2.90. The second kappa shape index (κ2) is 7.37. The molecule has 0 bridgehead atoms. The third-order valence-corrected chi connectivity index (χ3v) is 2.89. The Morgan fingerprint density at radius 2 is 2.10 bits per heavy atom. The summed E-state index contributed by atoms with van der Waals surface area (Å²) in [6, 6.07) is 6.32. The van der Waals surface area contributed by atoms with Crippen molar-refractivity contribution in [2.45, 2.75) is 6.92 Å². The van der Waals surface area contributed by atoms with Gasteiger partial charge < -0.3 is 9.84 Å². The molecule has 0 fully saturated rings. The van der Waals surface area contributed by atoms with E-state index < -0.39 is 16.3 Å². The summed E-state index contributed by atoms with van der Waals surface area (Å²) in [5.41, 5.74) is 0.557. The van der Waals surface area contributed by atoms with Crippen LogP contribution in [0.1, 0.15) is 12.5 Å². The van der Waals surface area contributed by atoms with Gasteiger partial charge in [0.05, 0.1) is 12.3 Å². The number of para-hydroxylation sites is 1. The van der Waals surface area contributed by atoms with Gasteiger partial charge in [0.25, 0.3) is 0 Å². The fourth-order valence-corrected chi connectivity index (χ4v) is 2.05. The maximum atomic E-state index is 11.7. The minimum absolute atomic E-state index is 0.0555. The number of amides is 1. The highest BCUT2D eigenvalue weighted by Crippen LogP contribution is 2.14. The van der Waals surface area contributed by atoms with Crippen LogP contribution in [0, 0.1) is 11.8 Å². The van der Waals surface area contributed by atoms with Crippen molar-refractivity contribution in [2.75, 3.05) is 17.9 Å². The fraction of sp³-hybridized carbons (Fsp3) is 0.250. The highest BCUT2D eigenvalue weighted by molar-refractivity contribution is 7.91. The lowest BCUT2D eigenvalue weighted by molar-refractivity contribution is 0.159. The van der Waals surface area contributed by atoms with Gasteiger partial charge in [0.2, 0.25) is 0 Å². The molecule has 0 aliphatic heterocycles. The van der Waals surface area contributed by atoms with Crippen LogP contribution in [0.15, 0.2) is 24.3 Å². The number of nitrogens with one attached hydrogen (secondary N) is 2. The number of anilines is 1. The first kappa shape index (κ1) is 15.8. The third-order valence-electron chi connectivity index (χ3n) is 1.97. The van der Waals surface area contributed by atoms with Crippen LogP contribution in [0.4, 0.5) is 10.5 Å². The van der Waals surface area contributed by atoms with Crippen LogP contribution in [0.5, 0.6) is 0 Å². The largest absolute Gasteiger partial charge is 0.449 e. The van der Waals surface area contributed by atoms with Crippen molar-refractivity contribution in [3.63, 3.8) is 0 Å². The quantitative estimate of drug-likeness (QED) is 0.699. The van der Waals surface area contributed by atoms with E-state index in [9.17, 15) is 13.2 Å². The number of aliphatic hydroxyl groups is 1. The zero-order chi connectivity index (χ0) is 15.0. The van der Waals surface area contributed by atoms with Gasteiger partial charge in [-0.25, -0.2) is 9.52 Å². The summed E-state index contributed by atoms with van der Waals surface area (Å²) >= 11 is 0. The number of hydrogen-bond donors (Lipinski definition) is 3. The standard InChI is InChI=1S/C12H14N2O5S/c1-2-19-12(16)14-20(17,18)13-11-8-4-3-6-10(11)7-5-9-15/h3-4,6,8,13,15H,2,9H2,1H3,(H,14,16). The van der Waals surface area contributed by atoms with Crippen molar-refractivity contribution in [3.05, 3.63) is 29.8 Å². The van der Waals surface area contributed by atoms with Gasteiger partial charge in [-0.3, -0.25) is 4.72 Å². The molecule has 0 aliphatic carbocycles. The molecule has 0 unspecified atom stereocenters. The summed E-state index contributed by atoms with van der Waals surface area (Å²) < 4.78 is 31.7. The Morgan fingerprint density at radius 1 is 1.40 bits per heavy atom. The molecule has 0 saturated carbocycles. The molecule has 3 N–H and O–H groups in total. The van der Waals surface area contributed by atoms with E-state index in [-0.39, 0.29) is 18.9 Å². The normalized spacial score (nSPS) is 10.1. The SMILES string of the molecule is CCOC(=O)NS(=O)(=O)Nc1ccccc1C#CCO. The fourth-order valence-electron chi connectivity index (χ4n) is 1.26. The Kier molecular flexibility index (Phi) is 5.83. The Bertz CT molecular complexity index is 631. The molecule has 0 saturated heterocycles. The van der Waals surface area contributed by atoms with Crippen molar-refractivity contribution in [2.24, 2.45) is 0 Å². The van der Waals surface area contributed by atoms with Crippen LogP contribution in [0.3, 0.4) is 0 Å². The molecule has 0 heterocycles. The molecule has 20 heavy (non-hydrogen) atoms. The number of benzene rings is 1. The average molecular weight is 298 g/mol. The molecule has 7 nitrogen and oxygen atoms in total. The van der Waals surface area contributed by atoms with Crippen molar-refractivity contribution in [3.8, 4) is 11.8 Å². The van der Waals surface area contributed by atoms with Gasteiger partial charge in [0.1, 0.15) is 6.61 Å². The zero-order valence-electron chi connectivity index (χ0n) is 10.7. The predicted octanol–water partition coefficient (Wildman–Crippen LogP) is 0.433. The summed E-state index contributed by atoms with van der Waals surface area (Å²) in [4.78, 5) is 11.1. The molecule has 8 heteroatoms. The molecule has 0 aliphatic rings. The molecule has 1 aromatic carbocycles. The van der Waals surface area contributed by atoms with Crippen LogP contribution in [-0.4, -0.2) is 32.8 Å². The van der Waals surface area contributed by atoms with Crippen molar-refractivity contribution in [1.29, 1.82) is 0 Å². The Hall–Kier alpha value is -2.24. The molecule has 1 rings (SSSR count). The lowest BCUT2D eigenvalue weighted by atomic mass is 10.2. The summed E-state index contributed by atoms with van der Waals surface area (Å²) in [6.45, 7) is 1.27. The molecule has 1 aromatic rings. The van der Waals surface area contributed by atoms with Crippen LogP contribution in [0.25, 0.3) is 0 Å². The molecular formula is C12H14N2O5S. The summed E-state index contributed by atoms with van der Waals surface area (Å²) in [5.74, 6) is 5.00. The first-order valence-electron chi connectivity index (χ1n) is 5.64. The van der Waals surface area contributed by atoms with E-state index in [0.29, 0.717) is 5.56 Å². The van der Waals surface area contributed by atoms with E-state index in [1.807, 2.05) is 0 Å². The lowest BCUT2D eigenvalue weighted by Gasteiger charge is -2.10. The zero-order valence-corrected chi connectivity index (χ0v) is 11.5. The monoisotopic (exact) mass is 298 g/mol. The van der Waals surface area contributed by atoms with Gasteiger partial charge in [-0.1, -0.05) is 24.0 Å². The highest BCUT2D eigenvalue weighted by atomic mass is 32.2. The third kappa shape index (κ3) is 5.17. The van der Waals surface area contributed by atoms with Crippen LogP contribution in [-0.2, 0) is 14.9 Å². The molecule has 108 valence electrons. The van der Waals surface area contributed by atoms with E-state index >= 15 is 0 Å². The van der Waals surface area contributed by atoms with E-state index in [1.165, 1.54) is 6.07 Å². The van der Waals surface area contributed by atoms with E-state index in [2.05, 4.69) is 21.3 Å². The van der Waals surface area contributed by atoms with Crippen LogP contribution < -0.4 is 9.44 Å². The smallest absolute Gasteiger partial charge is 0.422 e. The van der Waals surface area contributed by atoms with Gasteiger partial charge in [0.15, 0.2) is 0 Å². The summed E-state index contributed by atoms with van der Waals surface area (Å²) in [7, 11) is -4.11. The summed E-state index contributed by atoms with van der Waals surface area (Å²) in [5, 5.41) is 8.64. The molecule has 0 spiro atoms. The number of aliphatic hydroxyl groups excluding tert-OH is 1. The van der Waals surface area contributed by atoms with Gasteiger partial charge in [-0.05, 0) is 19.1 Å². The molecule has 1 amide bonds. The number of carbonyl (C=O) groups excluding carboxylic acids is 1. The summed E-state index contributed by atoms with van der Waals surface area (Å²) in [6.07, 6.45) is -1.07. The second-order valence-corrected chi connectivity index (χ2v) is 4.85. The van der Waals surface area contributed by atoms with Crippen molar-refractivity contribution < 1.29 is 23.1 Å². The molecule has 0 radical (unpaired) electrons. The number of carbonyl (C=O) groups is 1.